The van der Waals surface area contributed by atoms with Crippen LogP contribution in [0.1, 0.15) is 41.0 Å². The zero-order valence-electron chi connectivity index (χ0n) is 21.7. The van der Waals surface area contributed by atoms with Crippen molar-refractivity contribution in [1.29, 1.82) is 5.26 Å². The highest BCUT2D eigenvalue weighted by Crippen LogP contribution is 2.30. The zero-order chi connectivity index (χ0) is 26.0. The lowest BCUT2D eigenvalue weighted by atomic mass is 10.1. The Hall–Kier alpha value is -3.46. The third-order valence-electron chi connectivity index (χ3n) is 6.70. The molecule has 12 nitrogen and oxygen atoms in total. The molecule has 0 spiro atoms. The molecule has 0 aromatic carbocycles. The van der Waals surface area contributed by atoms with E-state index in [1.54, 1.807) is 11.1 Å². The van der Waals surface area contributed by atoms with Gasteiger partial charge in [0, 0.05) is 38.8 Å². The van der Waals surface area contributed by atoms with Crippen LogP contribution < -0.4 is 15.4 Å². The van der Waals surface area contributed by atoms with Crippen molar-refractivity contribution in [3.8, 4) is 6.07 Å². The van der Waals surface area contributed by atoms with E-state index in [4.69, 9.17) is 9.72 Å². The molecule has 12 heteroatoms. The number of aromatic nitrogens is 4. The molecule has 0 aliphatic carbocycles. The summed E-state index contributed by atoms with van der Waals surface area (Å²) in [5, 5.41) is 16.4. The van der Waals surface area contributed by atoms with E-state index >= 15 is 0 Å². The monoisotopic (exact) mass is 497 g/mol. The molecule has 36 heavy (non-hydrogen) atoms. The van der Waals surface area contributed by atoms with Gasteiger partial charge in [-0.2, -0.15) is 15.3 Å². The quantitative estimate of drug-likeness (QED) is 0.627. The van der Waals surface area contributed by atoms with Gasteiger partial charge in [-0.1, -0.05) is 13.8 Å². The summed E-state index contributed by atoms with van der Waals surface area (Å²) >= 11 is 0. The maximum absolute atomic E-state index is 12.8. The van der Waals surface area contributed by atoms with E-state index in [-0.39, 0.29) is 23.5 Å². The number of aromatic amines is 1. The fraction of sp³-hybridized carbons (Fsp3) is 0.667. The lowest BCUT2D eigenvalue weighted by Crippen LogP contribution is -2.60. The Morgan fingerprint density at radius 2 is 1.92 bits per heavy atom. The van der Waals surface area contributed by atoms with Crippen LogP contribution >= 0.6 is 0 Å². The molecule has 2 aliphatic rings. The van der Waals surface area contributed by atoms with Gasteiger partial charge in [0.15, 0.2) is 0 Å². The normalized spacial score (nSPS) is 18.9. The second kappa shape index (κ2) is 10.3. The van der Waals surface area contributed by atoms with Crippen LogP contribution in [0.15, 0.2) is 11.0 Å². The van der Waals surface area contributed by atoms with Gasteiger partial charge in [-0.05, 0) is 33.9 Å². The van der Waals surface area contributed by atoms with Gasteiger partial charge in [-0.15, -0.1) is 0 Å². The lowest BCUT2D eigenvalue weighted by molar-refractivity contribution is 0.0145. The fourth-order valence-electron chi connectivity index (χ4n) is 4.81. The first-order chi connectivity index (χ1) is 17.1. The molecule has 1 N–H and O–H groups in total. The number of nitrogens with one attached hydrogen (secondary N) is 1. The molecule has 2 aromatic rings. The topological polar surface area (TPSA) is 135 Å². The Morgan fingerprint density at radius 1 is 1.19 bits per heavy atom. The van der Waals surface area contributed by atoms with Crippen molar-refractivity contribution in [2.45, 2.75) is 58.7 Å². The smallest absolute Gasteiger partial charge is 0.410 e. The van der Waals surface area contributed by atoms with Gasteiger partial charge in [-0.3, -0.25) is 9.69 Å². The van der Waals surface area contributed by atoms with E-state index in [1.165, 1.54) is 0 Å². The van der Waals surface area contributed by atoms with Gasteiger partial charge in [0.05, 0.1) is 30.1 Å². The van der Waals surface area contributed by atoms with Crippen LogP contribution in [-0.4, -0.2) is 99.6 Å². The number of H-pyrrole nitrogens is 1. The first-order valence-corrected chi connectivity index (χ1v) is 12.5. The number of ether oxygens (including phenoxy) is 1. The van der Waals surface area contributed by atoms with Crippen molar-refractivity contribution in [2.24, 2.45) is 0 Å². The summed E-state index contributed by atoms with van der Waals surface area (Å²) in [6.07, 6.45) is 1.28. The van der Waals surface area contributed by atoms with Crippen LogP contribution in [0.5, 0.6) is 0 Å². The summed E-state index contributed by atoms with van der Waals surface area (Å²) in [5.41, 5.74) is -0.724. The van der Waals surface area contributed by atoms with Gasteiger partial charge < -0.3 is 19.4 Å². The van der Waals surface area contributed by atoms with Crippen LogP contribution in [0.2, 0.25) is 0 Å². The summed E-state index contributed by atoms with van der Waals surface area (Å²) < 4.78 is 5.57. The van der Waals surface area contributed by atoms with Crippen LogP contribution in [0.3, 0.4) is 0 Å². The Bertz CT molecular complexity index is 1190. The SMILES string of the molecule is CCN(CC)C1CN(c2nc(N3CCN(C(=O)OC(C)(C)C)C(CC#N)C3)c3cn[nH]c(=O)c3n2)C1. The van der Waals surface area contributed by atoms with E-state index in [1.807, 2.05) is 25.7 Å². The minimum absolute atomic E-state index is 0.155. The van der Waals surface area contributed by atoms with E-state index in [9.17, 15) is 14.9 Å². The predicted octanol–water partition coefficient (Wildman–Crippen LogP) is 1.58. The number of nitrogens with zero attached hydrogens (tertiary/aromatic N) is 8. The molecule has 194 valence electrons. The van der Waals surface area contributed by atoms with Crippen LogP contribution in [0, 0.1) is 11.3 Å². The van der Waals surface area contributed by atoms with Gasteiger partial charge in [0.2, 0.25) is 5.95 Å². The molecule has 2 aliphatic heterocycles. The van der Waals surface area contributed by atoms with Crippen molar-refractivity contribution in [2.75, 3.05) is 55.6 Å². The molecule has 1 atom stereocenters. The second-order valence-corrected chi connectivity index (χ2v) is 10.2. The standard InChI is InChI=1S/C24H35N9O3/c1-6-30(7-2)17-14-32(15-17)22-27-19-18(12-26-29-21(19)34)20(28-22)31-10-11-33(16(13-31)8-9-25)23(35)36-24(3,4)5/h12,16-17H,6-8,10-11,13-15H2,1-5H3,(H,29,34). The number of carbonyl (C=O) groups is 1. The summed E-state index contributed by atoms with van der Waals surface area (Å²) in [4.78, 5) is 43.0. The minimum atomic E-state index is -0.629. The molecular weight excluding hydrogens is 462 g/mol. The van der Waals surface area contributed by atoms with Gasteiger partial charge in [0.25, 0.3) is 5.56 Å². The molecular formula is C24H35N9O3. The Balaban J connectivity index is 1.63. The molecule has 1 unspecified atom stereocenters. The van der Waals surface area contributed by atoms with Crippen molar-refractivity contribution >= 4 is 28.8 Å². The fourth-order valence-corrected chi connectivity index (χ4v) is 4.81. The highest BCUT2D eigenvalue weighted by molar-refractivity contribution is 5.89. The first-order valence-electron chi connectivity index (χ1n) is 12.5. The minimum Gasteiger partial charge on any atom is -0.444 e. The molecule has 4 heterocycles. The van der Waals surface area contributed by atoms with Crippen molar-refractivity contribution in [3.63, 3.8) is 0 Å². The second-order valence-electron chi connectivity index (χ2n) is 10.2. The Labute approximate surface area is 210 Å². The van der Waals surface area contributed by atoms with Crippen LogP contribution in [0.4, 0.5) is 16.6 Å². The van der Waals surface area contributed by atoms with Crippen molar-refractivity contribution in [1.82, 2.24) is 30.0 Å². The van der Waals surface area contributed by atoms with E-state index < -0.39 is 11.7 Å². The lowest BCUT2D eigenvalue weighted by Gasteiger charge is -2.45. The van der Waals surface area contributed by atoms with Gasteiger partial charge in [0.1, 0.15) is 16.9 Å². The number of rotatable bonds is 6. The number of amides is 1. The molecule has 0 bridgehead atoms. The third-order valence-corrected chi connectivity index (χ3v) is 6.70. The largest absolute Gasteiger partial charge is 0.444 e. The van der Waals surface area contributed by atoms with E-state index in [0.717, 1.165) is 26.2 Å². The molecule has 0 saturated carbocycles. The number of hydrogen-bond donors (Lipinski definition) is 1. The number of fused-ring (bicyclic) bond motifs is 1. The Kier molecular flexibility index (Phi) is 7.31. The number of anilines is 2. The van der Waals surface area contributed by atoms with Gasteiger partial charge in [-0.25, -0.2) is 14.9 Å². The van der Waals surface area contributed by atoms with Crippen molar-refractivity contribution in [3.05, 3.63) is 16.6 Å². The zero-order valence-corrected chi connectivity index (χ0v) is 21.7. The maximum Gasteiger partial charge on any atom is 0.410 e. The summed E-state index contributed by atoms with van der Waals surface area (Å²) in [5.74, 6) is 1.09. The molecule has 4 rings (SSSR count). The summed E-state index contributed by atoms with van der Waals surface area (Å²) in [6.45, 7) is 14.5. The predicted molar refractivity (Wildman–Crippen MR) is 136 cm³/mol. The average molecular weight is 498 g/mol. The summed E-state index contributed by atoms with van der Waals surface area (Å²) in [6, 6.07) is 2.24. The molecule has 0 radical (unpaired) electrons. The molecule has 2 fully saturated rings. The van der Waals surface area contributed by atoms with Crippen molar-refractivity contribution < 1.29 is 9.53 Å². The number of likely N-dealkylation sites (N-methyl/N-ethyl adjacent to an activating group) is 1. The molecule has 1 amide bonds. The van der Waals surface area contributed by atoms with Gasteiger partial charge >= 0.3 is 6.09 Å². The van der Waals surface area contributed by atoms with Crippen LogP contribution in [-0.2, 0) is 4.74 Å². The number of piperazine rings is 1. The maximum atomic E-state index is 12.8. The number of carbonyl (C=O) groups excluding carboxylic acids is 1. The number of hydrogen-bond acceptors (Lipinski definition) is 10. The summed E-state index contributed by atoms with van der Waals surface area (Å²) in [7, 11) is 0. The highest BCUT2D eigenvalue weighted by atomic mass is 16.6. The third kappa shape index (κ3) is 5.21. The van der Waals surface area contributed by atoms with E-state index in [2.05, 4.69) is 44.9 Å². The van der Waals surface area contributed by atoms with Crippen LogP contribution in [0.25, 0.3) is 10.9 Å². The highest BCUT2D eigenvalue weighted by Gasteiger charge is 2.36. The average Bonchev–Trinajstić information content (AvgIpc) is 2.80. The number of nitriles is 1. The molecule has 2 aromatic heterocycles. The molecule has 2 saturated heterocycles. The van der Waals surface area contributed by atoms with E-state index in [0.29, 0.717) is 42.8 Å². The first kappa shape index (κ1) is 25.6. The Morgan fingerprint density at radius 3 is 2.56 bits per heavy atom.